The fourth-order valence-corrected chi connectivity index (χ4v) is 7.23. The van der Waals surface area contributed by atoms with Crippen LogP contribution in [0.2, 0.25) is 0 Å². The van der Waals surface area contributed by atoms with Crippen LogP contribution >= 0.6 is 0 Å². The van der Waals surface area contributed by atoms with Crippen molar-refractivity contribution in [3.63, 3.8) is 0 Å². The minimum Gasteiger partial charge on any atom is -0.462 e. The van der Waals surface area contributed by atoms with Gasteiger partial charge in [0.25, 0.3) is 0 Å². The van der Waals surface area contributed by atoms with E-state index in [0.717, 1.165) is 70.6 Å². The lowest BCUT2D eigenvalue weighted by atomic mass is 10.1. The molecule has 6 heteroatoms. The van der Waals surface area contributed by atoms with Gasteiger partial charge in [0.15, 0.2) is 6.10 Å². The molecule has 0 aliphatic rings. The standard InChI is InChI=1S/C53H96O6/c1-4-7-10-13-16-18-20-22-24-25-26-27-28-29-30-32-33-35-37-40-43-46-52(55)58-49-50(48-57-51(54)45-42-39-15-12-9-6-3)59-53(56)47-44-41-38-36-34-31-23-21-19-17-14-11-8-5-2/h20-23,25-26,50H,4-19,24,27-49H2,1-3H3/b22-20-,23-21-,26-25-. The molecule has 0 saturated carbocycles. The number of hydrogen-bond donors (Lipinski definition) is 0. The highest BCUT2D eigenvalue weighted by Gasteiger charge is 2.19. The Morgan fingerprint density at radius 1 is 0.339 bits per heavy atom. The topological polar surface area (TPSA) is 78.9 Å². The predicted octanol–water partition coefficient (Wildman–Crippen LogP) is 16.5. The molecule has 0 heterocycles. The minimum absolute atomic E-state index is 0.0758. The van der Waals surface area contributed by atoms with Crippen LogP contribution in [0.5, 0.6) is 0 Å². The molecule has 344 valence electrons. The quantitative estimate of drug-likeness (QED) is 0.0263. The van der Waals surface area contributed by atoms with Crippen LogP contribution in [0.3, 0.4) is 0 Å². The third-order valence-corrected chi connectivity index (χ3v) is 11.1. The van der Waals surface area contributed by atoms with Crippen molar-refractivity contribution in [2.75, 3.05) is 13.2 Å². The summed E-state index contributed by atoms with van der Waals surface area (Å²) in [5.41, 5.74) is 0. The Labute approximate surface area is 365 Å². The van der Waals surface area contributed by atoms with Crippen LogP contribution in [0.15, 0.2) is 36.5 Å². The Morgan fingerprint density at radius 2 is 0.610 bits per heavy atom. The number of unbranched alkanes of at least 4 members (excludes halogenated alkanes) is 29. The Hall–Kier alpha value is -2.37. The van der Waals surface area contributed by atoms with Gasteiger partial charge < -0.3 is 14.2 Å². The van der Waals surface area contributed by atoms with E-state index in [1.54, 1.807) is 0 Å². The van der Waals surface area contributed by atoms with Crippen LogP contribution in [-0.4, -0.2) is 37.2 Å². The van der Waals surface area contributed by atoms with Gasteiger partial charge in [0.2, 0.25) is 0 Å². The first-order valence-corrected chi connectivity index (χ1v) is 25.5. The van der Waals surface area contributed by atoms with E-state index in [1.807, 2.05) is 0 Å². The Morgan fingerprint density at radius 3 is 0.949 bits per heavy atom. The number of esters is 3. The maximum atomic E-state index is 12.7. The van der Waals surface area contributed by atoms with Gasteiger partial charge >= 0.3 is 17.9 Å². The molecular formula is C53H96O6. The monoisotopic (exact) mass is 829 g/mol. The highest BCUT2D eigenvalue weighted by atomic mass is 16.6. The van der Waals surface area contributed by atoms with Gasteiger partial charge in [0, 0.05) is 19.3 Å². The van der Waals surface area contributed by atoms with Crippen LogP contribution in [-0.2, 0) is 28.6 Å². The van der Waals surface area contributed by atoms with Gasteiger partial charge in [-0.05, 0) is 77.0 Å². The second-order valence-corrected chi connectivity index (χ2v) is 17.1. The van der Waals surface area contributed by atoms with E-state index in [0.29, 0.717) is 19.3 Å². The van der Waals surface area contributed by atoms with Crippen LogP contribution in [0.1, 0.15) is 265 Å². The SMILES string of the molecule is CCCCCCC/C=C\C/C=C\CCCCCCCCCCCC(=O)OCC(COC(=O)CCCCCCCC)OC(=O)CCCCCCC/C=C\CCCCCCC. The van der Waals surface area contributed by atoms with E-state index in [4.69, 9.17) is 14.2 Å². The lowest BCUT2D eigenvalue weighted by Gasteiger charge is -2.18. The molecule has 0 aromatic carbocycles. The minimum atomic E-state index is -0.772. The molecule has 1 atom stereocenters. The molecule has 0 bridgehead atoms. The molecule has 1 unspecified atom stereocenters. The average molecular weight is 829 g/mol. The largest absolute Gasteiger partial charge is 0.462 e. The molecule has 0 aliphatic carbocycles. The molecule has 0 aliphatic heterocycles. The van der Waals surface area contributed by atoms with Crippen LogP contribution in [0, 0.1) is 0 Å². The number of carbonyl (C=O) groups excluding carboxylic acids is 3. The second-order valence-electron chi connectivity index (χ2n) is 17.1. The summed E-state index contributed by atoms with van der Waals surface area (Å²) in [7, 11) is 0. The summed E-state index contributed by atoms with van der Waals surface area (Å²) in [5.74, 6) is -0.892. The third kappa shape index (κ3) is 46.5. The Kier molecular flexibility index (Phi) is 46.4. The lowest BCUT2D eigenvalue weighted by molar-refractivity contribution is -0.167. The number of rotatable bonds is 46. The fraction of sp³-hybridized carbons (Fsp3) is 0.830. The maximum absolute atomic E-state index is 12.7. The van der Waals surface area contributed by atoms with E-state index < -0.39 is 6.10 Å². The van der Waals surface area contributed by atoms with E-state index >= 15 is 0 Å². The molecule has 6 nitrogen and oxygen atoms in total. The molecule has 0 spiro atoms. The first-order valence-electron chi connectivity index (χ1n) is 25.5. The summed E-state index contributed by atoms with van der Waals surface area (Å²) in [4.78, 5) is 37.7. The van der Waals surface area contributed by atoms with Gasteiger partial charge in [0.05, 0.1) is 0 Å². The van der Waals surface area contributed by atoms with Crippen LogP contribution < -0.4 is 0 Å². The summed E-state index contributed by atoms with van der Waals surface area (Å²) in [6.07, 6.45) is 55.8. The third-order valence-electron chi connectivity index (χ3n) is 11.1. The summed E-state index contributed by atoms with van der Waals surface area (Å²) >= 11 is 0. The first-order chi connectivity index (χ1) is 29.0. The Bertz CT molecular complexity index is 1000. The summed E-state index contributed by atoms with van der Waals surface area (Å²) in [6.45, 7) is 6.56. The van der Waals surface area contributed by atoms with Crippen molar-refractivity contribution in [3.05, 3.63) is 36.5 Å². The van der Waals surface area contributed by atoms with Crippen LogP contribution in [0.4, 0.5) is 0 Å². The van der Waals surface area contributed by atoms with E-state index in [2.05, 4.69) is 57.2 Å². The number of allylic oxidation sites excluding steroid dienone is 6. The fourth-order valence-electron chi connectivity index (χ4n) is 7.23. The molecule has 0 fully saturated rings. The van der Waals surface area contributed by atoms with Crippen molar-refractivity contribution in [1.29, 1.82) is 0 Å². The van der Waals surface area contributed by atoms with E-state index in [1.165, 1.54) is 154 Å². The van der Waals surface area contributed by atoms with Crippen molar-refractivity contribution in [2.24, 2.45) is 0 Å². The number of ether oxygens (including phenoxy) is 3. The molecule has 0 saturated heterocycles. The second kappa shape index (κ2) is 48.3. The Balaban J connectivity index is 4.18. The van der Waals surface area contributed by atoms with Gasteiger partial charge in [-0.1, -0.05) is 205 Å². The van der Waals surface area contributed by atoms with Crippen molar-refractivity contribution >= 4 is 17.9 Å². The molecule has 0 aromatic rings. The highest BCUT2D eigenvalue weighted by molar-refractivity contribution is 5.71. The molecule has 0 N–H and O–H groups in total. The van der Waals surface area contributed by atoms with Crippen molar-refractivity contribution in [3.8, 4) is 0 Å². The zero-order valence-electron chi connectivity index (χ0n) is 39.3. The van der Waals surface area contributed by atoms with Crippen molar-refractivity contribution in [1.82, 2.24) is 0 Å². The normalized spacial score (nSPS) is 12.3. The smallest absolute Gasteiger partial charge is 0.306 e. The van der Waals surface area contributed by atoms with Gasteiger partial charge in [-0.25, -0.2) is 0 Å². The summed E-state index contributed by atoms with van der Waals surface area (Å²) < 4.78 is 16.7. The molecule has 59 heavy (non-hydrogen) atoms. The van der Waals surface area contributed by atoms with Crippen molar-refractivity contribution < 1.29 is 28.6 Å². The molecule has 0 radical (unpaired) electrons. The molecule has 0 aromatic heterocycles. The summed E-state index contributed by atoms with van der Waals surface area (Å²) in [6, 6.07) is 0. The summed E-state index contributed by atoms with van der Waals surface area (Å²) in [5, 5.41) is 0. The zero-order chi connectivity index (χ0) is 43.0. The number of carbonyl (C=O) groups is 3. The van der Waals surface area contributed by atoms with E-state index in [-0.39, 0.29) is 31.1 Å². The van der Waals surface area contributed by atoms with Gasteiger partial charge in [-0.2, -0.15) is 0 Å². The first kappa shape index (κ1) is 56.6. The van der Waals surface area contributed by atoms with E-state index in [9.17, 15) is 14.4 Å². The number of hydrogen-bond acceptors (Lipinski definition) is 6. The highest BCUT2D eigenvalue weighted by Crippen LogP contribution is 2.14. The van der Waals surface area contributed by atoms with Gasteiger partial charge in [0.1, 0.15) is 13.2 Å². The predicted molar refractivity (Wildman–Crippen MR) is 252 cm³/mol. The molecule has 0 rings (SSSR count). The zero-order valence-corrected chi connectivity index (χ0v) is 39.3. The molecular weight excluding hydrogens is 733 g/mol. The van der Waals surface area contributed by atoms with Crippen molar-refractivity contribution in [2.45, 2.75) is 271 Å². The van der Waals surface area contributed by atoms with Crippen LogP contribution in [0.25, 0.3) is 0 Å². The van der Waals surface area contributed by atoms with Gasteiger partial charge in [-0.15, -0.1) is 0 Å². The molecule has 0 amide bonds. The maximum Gasteiger partial charge on any atom is 0.306 e. The average Bonchev–Trinajstić information content (AvgIpc) is 3.23. The van der Waals surface area contributed by atoms with Gasteiger partial charge in [-0.3, -0.25) is 14.4 Å². The lowest BCUT2D eigenvalue weighted by Crippen LogP contribution is -2.30.